The number of benzene rings is 1. The number of amides is 1. The first-order valence-corrected chi connectivity index (χ1v) is 11.2. The van der Waals surface area contributed by atoms with Crippen LogP contribution in [0.15, 0.2) is 72.8 Å². The molecule has 4 rings (SSSR count). The summed E-state index contributed by atoms with van der Waals surface area (Å²) < 4.78 is 5.83. The number of Topliss-reactive ketones (excluding diaryl/α,β-unsaturated/α-hetero) is 1. The maximum absolute atomic E-state index is 13.2. The number of aromatic nitrogens is 2. The van der Waals surface area contributed by atoms with Crippen LogP contribution in [0.25, 0.3) is 5.76 Å². The van der Waals surface area contributed by atoms with Gasteiger partial charge in [-0.05, 0) is 59.9 Å². The van der Waals surface area contributed by atoms with Crippen LogP contribution < -0.4 is 4.74 Å². The van der Waals surface area contributed by atoms with Gasteiger partial charge in [0.1, 0.15) is 11.5 Å². The van der Waals surface area contributed by atoms with Gasteiger partial charge >= 0.3 is 0 Å². The molecule has 1 N–H and O–H groups in total. The van der Waals surface area contributed by atoms with Crippen molar-refractivity contribution in [1.82, 2.24) is 14.9 Å². The Bertz CT molecular complexity index is 1220. The van der Waals surface area contributed by atoms with E-state index in [2.05, 4.69) is 23.8 Å². The van der Waals surface area contributed by atoms with E-state index in [1.165, 1.54) is 4.90 Å². The lowest BCUT2D eigenvalue weighted by Gasteiger charge is -2.25. The molecule has 1 aliphatic heterocycles. The Kier molecular flexibility index (Phi) is 6.72. The highest BCUT2D eigenvalue weighted by Gasteiger charge is 2.46. The van der Waals surface area contributed by atoms with Crippen LogP contribution in [-0.2, 0) is 16.1 Å². The van der Waals surface area contributed by atoms with Crippen LogP contribution >= 0.6 is 0 Å². The second-order valence-electron chi connectivity index (χ2n) is 8.76. The molecule has 174 valence electrons. The summed E-state index contributed by atoms with van der Waals surface area (Å²) in [6.07, 6.45) is 6.52. The zero-order chi connectivity index (χ0) is 24.2. The van der Waals surface area contributed by atoms with Crippen LogP contribution in [-0.4, -0.2) is 38.3 Å². The molecule has 1 atom stereocenters. The molecule has 1 fully saturated rings. The van der Waals surface area contributed by atoms with Gasteiger partial charge in [0.25, 0.3) is 11.7 Å². The summed E-state index contributed by atoms with van der Waals surface area (Å²) in [7, 11) is 0. The minimum absolute atomic E-state index is 0.0390. The largest absolute Gasteiger partial charge is 0.507 e. The summed E-state index contributed by atoms with van der Waals surface area (Å²) >= 11 is 0. The van der Waals surface area contributed by atoms with Gasteiger partial charge in [-0.2, -0.15) is 0 Å². The predicted octanol–water partition coefficient (Wildman–Crippen LogP) is 4.44. The molecule has 34 heavy (non-hydrogen) atoms. The molecule has 3 heterocycles. The number of carbonyl (C=O) groups excluding carboxylic acids is 2. The van der Waals surface area contributed by atoms with Crippen LogP contribution in [0.3, 0.4) is 0 Å². The highest BCUT2D eigenvalue weighted by Crippen LogP contribution is 2.40. The number of aryl methyl sites for hydroxylation is 1. The lowest BCUT2D eigenvalue weighted by molar-refractivity contribution is -0.140. The van der Waals surface area contributed by atoms with E-state index in [0.29, 0.717) is 29.4 Å². The molecule has 1 saturated heterocycles. The molecule has 0 radical (unpaired) electrons. The third-order valence-electron chi connectivity index (χ3n) is 5.64. The Hall–Kier alpha value is -4.00. The average Bonchev–Trinajstić information content (AvgIpc) is 3.09. The van der Waals surface area contributed by atoms with Crippen LogP contribution in [0.5, 0.6) is 5.75 Å². The number of ketones is 1. The minimum atomic E-state index is -0.772. The lowest BCUT2D eigenvalue weighted by atomic mass is 9.95. The van der Waals surface area contributed by atoms with Gasteiger partial charge in [0.2, 0.25) is 0 Å². The molecule has 7 heteroatoms. The molecule has 0 aliphatic carbocycles. The number of ether oxygens (including phenoxy) is 1. The highest BCUT2D eigenvalue weighted by molar-refractivity contribution is 6.46. The van der Waals surface area contributed by atoms with Gasteiger partial charge in [0, 0.05) is 36.9 Å². The molecule has 2 aromatic heterocycles. The van der Waals surface area contributed by atoms with E-state index < -0.39 is 17.7 Å². The summed E-state index contributed by atoms with van der Waals surface area (Å²) in [5, 5.41) is 11.3. The number of likely N-dealkylation sites (tertiary alicyclic amines) is 1. The van der Waals surface area contributed by atoms with Crippen molar-refractivity contribution >= 4 is 17.4 Å². The number of aliphatic hydroxyl groups excluding tert-OH is 1. The SMILES string of the molecule is Cc1cc(/C(O)=C2\C(=O)C(=O)N(Cc3cccnc3)[C@@H]2c2cccnc2)ccc1OCC(C)C. The number of aliphatic hydroxyl groups is 1. The molecule has 3 aromatic rings. The molecule has 1 aromatic carbocycles. The van der Waals surface area contributed by atoms with E-state index in [9.17, 15) is 14.7 Å². The molecule has 1 aliphatic rings. The van der Waals surface area contributed by atoms with E-state index in [4.69, 9.17) is 4.74 Å². The van der Waals surface area contributed by atoms with Crippen LogP contribution in [0.1, 0.15) is 42.1 Å². The van der Waals surface area contributed by atoms with E-state index in [0.717, 1.165) is 11.1 Å². The molecular weight excluding hydrogens is 430 g/mol. The van der Waals surface area contributed by atoms with Crippen LogP contribution in [0.4, 0.5) is 0 Å². The summed E-state index contributed by atoms with van der Waals surface area (Å²) in [5.74, 6) is -0.533. The number of rotatable bonds is 7. The number of nitrogens with zero attached hydrogens (tertiary/aromatic N) is 3. The highest BCUT2D eigenvalue weighted by atomic mass is 16.5. The van der Waals surface area contributed by atoms with Gasteiger partial charge in [-0.15, -0.1) is 0 Å². The Morgan fingerprint density at radius 2 is 1.82 bits per heavy atom. The predicted molar refractivity (Wildman–Crippen MR) is 128 cm³/mol. The molecule has 0 unspecified atom stereocenters. The Morgan fingerprint density at radius 1 is 1.09 bits per heavy atom. The van der Waals surface area contributed by atoms with Crippen LogP contribution in [0.2, 0.25) is 0 Å². The number of carbonyl (C=O) groups is 2. The first kappa shape index (κ1) is 23.2. The third kappa shape index (κ3) is 4.69. The summed E-state index contributed by atoms with van der Waals surface area (Å²) in [6.45, 7) is 6.77. The van der Waals surface area contributed by atoms with Gasteiger partial charge in [0.05, 0.1) is 18.2 Å². The van der Waals surface area contributed by atoms with Crippen LogP contribution in [0, 0.1) is 12.8 Å². The van der Waals surface area contributed by atoms with E-state index in [1.54, 1.807) is 61.2 Å². The fraction of sp³-hybridized carbons (Fsp3) is 0.259. The molecule has 7 nitrogen and oxygen atoms in total. The zero-order valence-electron chi connectivity index (χ0n) is 19.4. The first-order valence-electron chi connectivity index (χ1n) is 11.2. The van der Waals surface area contributed by atoms with Gasteiger partial charge in [-0.1, -0.05) is 26.0 Å². The second kappa shape index (κ2) is 9.87. The monoisotopic (exact) mass is 457 g/mol. The van der Waals surface area contributed by atoms with Crippen molar-refractivity contribution in [1.29, 1.82) is 0 Å². The number of hydrogen-bond acceptors (Lipinski definition) is 6. The maximum Gasteiger partial charge on any atom is 0.295 e. The standard InChI is InChI=1S/C27H27N3O4/c1-17(2)16-34-22-9-8-20(12-18(22)3)25(31)23-24(21-7-5-11-29-14-21)30(27(33)26(23)32)15-19-6-4-10-28-13-19/h4-14,17,24,31H,15-16H2,1-3H3/b25-23+/t24-/m1/s1. The molecule has 0 bridgehead atoms. The molecule has 0 spiro atoms. The maximum atomic E-state index is 13.2. The molecule has 1 amide bonds. The lowest BCUT2D eigenvalue weighted by Crippen LogP contribution is -2.29. The average molecular weight is 458 g/mol. The second-order valence-corrected chi connectivity index (χ2v) is 8.76. The fourth-order valence-corrected chi connectivity index (χ4v) is 3.99. The number of pyridine rings is 2. The Labute approximate surface area is 198 Å². The Balaban J connectivity index is 1.77. The smallest absolute Gasteiger partial charge is 0.295 e. The van der Waals surface area contributed by atoms with Crippen molar-refractivity contribution in [2.24, 2.45) is 5.92 Å². The van der Waals surface area contributed by atoms with Crippen molar-refractivity contribution in [2.45, 2.75) is 33.4 Å². The molecule has 0 saturated carbocycles. The zero-order valence-corrected chi connectivity index (χ0v) is 19.4. The minimum Gasteiger partial charge on any atom is -0.507 e. The van der Waals surface area contributed by atoms with E-state index in [-0.39, 0.29) is 17.9 Å². The van der Waals surface area contributed by atoms with Gasteiger partial charge in [-0.3, -0.25) is 19.6 Å². The fourth-order valence-electron chi connectivity index (χ4n) is 3.99. The Morgan fingerprint density at radius 3 is 2.44 bits per heavy atom. The topological polar surface area (TPSA) is 92.6 Å². The van der Waals surface area contributed by atoms with E-state index in [1.807, 2.05) is 13.0 Å². The van der Waals surface area contributed by atoms with Crippen molar-refractivity contribution in [3.05, 3.63) is 95.1 Å². The summed E-state index contributed by atoms with van der Waals surface area (Å²) in [6, 6.07) is 11.6. The van der Waals surface area contributed by atoms with Crippen molar-refractivity contribution < 1.29 is 19.4 Å². The van der Waals surface area contributed by atoms with Crippen molar-refractivity contribution in [3.8, 4) is 5.75 Å². The van der Waals surface area contributed by atoms with Gasteiger partial charge in [0.15, 0.2) is 0 Å². The quantitative estimate of drug-likeness (QED) is 0.320. The first-order chi connectivity index (χ1) is 16.4. The summed E-state index contributed by atoms with van der Waals surface area (Å²) in [5.41, 5.74) is 2.73. The van der Waals surface area contributed by atoms with Gasteiger partial charge in [-0.25, -0.2) is 0 Å². The molecular formula is C27H27N3O4. The third-order valence-corrected chi connectivity index (χ3v) is 5.64. The van der Waals surface area contributed by atoms with Crippen molar-refractivity contribution in [2.75, 3.05) is 6.61 Å². The van der Waals surface area contributed by atoms with Crippen molar-refractivity contribution in [3.63, 3.8) is 0 Å². The van der Waals surface area contributed by atoms with Gasteiger partial charge < -0.3 is 14.7 Å². The van der Waals surface area contributed by atoms with E-state index >= 15 is 0 Å². The normalized spacial score (nSPS) is 17.4. The number of hydrogen-bond donors (Lipinski definition) is 1. The summed E-state index contributed by atoms with van der Waals surface area (Å²) in [4.78, 5) is 36.0.